The number of amides is 1. The number of phenols is 1. The highest BCUT2D eigenvalue weighted by Gasteiger charge is 2.72. The third-order valence-electron chi connectivity index (χ3n) is 9.20. The molecule has 2 bridgehead atoms. The number of hydrogen-bond donors (Lipinski definition) is 5. The predicted molar refractivity (Wildman–Crippen MR) is 148 cm³/mol. The molecule has 7 atom stereocenters. The molecule has 0 saturated carbocycles. The Balaban J connectivity index is 1.26. The summed E-state index contributed by atoms with van der Waals surface area (Å²) in [6.45, 7) is 5.45. The normalized spacial score (nSPS) is 29.0. The number of likely N-dealkylation sites (N-methyl/N-ethyl adjacent to an activating group) is 1. The molecule has 2 aliphatic carbocycles. The Labute approximate surface area is 248 Å². The van der Waals surface area contributed by atoms with Crippen LogP contribution in [0.2, 0.25) is 0 Å². The van der Waals surface area contributed by atoms with Gasteiger partial charge >= 0.3 is 17.9 Å². The van der Waals surface area contributed by atoms with Crippen LogP contribution in [0.25, 0.3) is 0 Å². The van der Waals surface area contributed by atoms with Crippen LogP contribution in [0.15, 0.2) is 24.0 Å². The summed E-state index contributed by atoms with van der Waals surface area (Å²) < 4.78 is 16.8. The van der Waals surface area contributed by atoms with Crippen molar-refractivity contribution in [3.63, 3.8) is 0 Å². The summed E-state index contributed by atoms with van der Waals surface area (Å²) in [6, 6.07) is 1.97. The molecule has 5 rings (SSSR count). The number of phenolic OH excluding ortho intramolecular Hbond substituents is 1. The van der Waals surface area contributed by atoms with Gasteiger partial charge in [-0.25, -0.2) is 9.59 Å². The van der Waals surface area contributed by atoms with E-state index in [0.717, 1.165) is 11.1 Å². The average Bonchev–Trinajstić information content (AvgIpc) is 3.29. The molecule has 4 aliphatic rings. The lowest BCUT2D eigenvalue weighted by Crippen LogP contribution is -2.74. The number of carbonyl (C=O) groups excluding carboxylic acids is 3. The van der Waals surface area contributed by atoms with Crippen molar-refractivity contribution in [2.75, 3.05) is 13.6 Å². The Hall–Kier alpha value is -3.68. The lowest BCUT2D eigenvalue weighted by molar-refractivity contribution is -0.172. The van der Waals surface area contributed by atoms with Crippen LogP contribution < -0.4 is 10.1 Å². The number of aromatic hydroxyl groups is 1. The fourth-order valence-electron chi connectivity index (χ4n) is 7.14. The summed E-state index contributed by atoms with van der Waals surface area (Å²) in [5, 5.41) is 44.8. The largest absolute Gasteiger partial charge is 0.504 e. The van der Waals surface area contributed by atoms with Gasteiger partial charge in [-0.05, 0) is 63.4 Å². The monoisotopic (exact) mass is 602 g/mol. The molecule has 234 valence electrons. The third-order valence-corrected chi connectivity index (χ3v) is 9.20. The quantitative estimate of drug-likeness (QED) is 0.234. The van der Waals surface area contributed by atoms with E-state index < -0.39 is 65.6 Å². The minimum absolute atomic E-state index is 0.0182. The molecule has 1 spiro atoms. The molecular formula is C30H38N2O11. The van der Waals surface area contributed by atoms with Gasteiger partial charge < -0.3 is 44.9 Å². The van der Waals surface area contributed by atoms with E-state index in [1.165, 1.54) is 6.92 Å². The van der Waals surface area contributed by atoms with Crippen molar-refractivity contribution in [1.82, 2.24) is 10.2 Å². The number of rotatable bonds is 10. The first kappa shape index (κ1) is 30.8. The summed E-state index contributed by atoms with van der Waals surface area (Å²) >= 11 is 0. The topological polar surface area (TPSA) is 192 Å². The third kappa shape index (κ3) is 5.02. The molecule has 5 N–H and O–H groups in total. The summed E-state index contributed by atoms with van der Waals surface area (Å²) in [5.41, 5.74) is -0.554. The number of likely N-dealkylation sites (tertiary alicyclic amines) is 1. The molecular weight excluding hydrogens is 564 g/mol. The van der Waals surface area contributed by atoms with Crippen LogP contribution in [0.5, 0.6) is 11.5 Å². The Bertz CT molecular complexity index is 1380. The van der Waals surface area contributed by atoms with Crippen molar-refractivity contribution in [3.05, 3.63) is 35.1 Å². The van der Waals surface area contributed by atoms with Crippen molar-refractivity contribution < 1.29 is 53.8 Å². The van der Waals surface area contributed by atoms with Crippen molar-refractivity contribution in [2.45, 2.75) is 94.3 Å². The van der Waals surface area contributed by atoms with Crippen LogP contribution in [0.4, 0.5) is 0 Å². The fraction of sp³-hybridized carbons (Fsp3) is 0.600. The first-order valence-electron chi connectivity index (χ1n) is 14.5. The van der Waals surface area contributed by atoms with Gasteiger partial charge in [-0.2, -0.15) is 0 Å². The molecule has 0 radical (unpaired) electrons. The smallest absolute Gasteiger partial charge is 0.336 e. The van der Waals surface area contributed by atoms with Crippen molar-refractivity contribution >= 4 is 23.8 Å². The van der Waals surface area contributed by atoms with Gasteiger partial charge in [-0.15, -0.1) is 0 Å². The van der Waals surface area contributed by atoms with E-state index in [1.807, 2.05) is 13.1 Å². The zero-order valence-corrected chi connectivity index (χ0v) is 24.5. The molecule has 1 aromatic rings. The standard InChI is InChI=1S/C30H38N2O11/c1-14(2)11-17(27(37)38)31-26(36)15(3)41-28(39)19(34)13-22(35)42-20-7-8-30(40)21-12-16-5-6-18(33)24-23(16)29(30,25(20)43-24)9-10-32(21)4/h5-7,14-15,17,19,21,25,33-34,40H,8-13H2,1-4H3,(H,31,36)(H,37,38)/t15?,17?,19?,21-,25+,29+,30-/m1/s1. The van der Waals surface area contributed by atoms with Gasteiger partial charge in [0.2, 0.25) is 0 Å². The summed E-state index contributed by atoms with van der Waals surface area (Å²) in [6.07, 6.45) is -2.17. The van der Waals surface area contributed by atoms with Gasteiger partial charge in [0.25, 0.3) is 5.91 Å². The van der Waals surface area contributed by atoms with Crippen LogP contribution in [0.1, 0.15) is 57.6 Å². The SMILES string of the molecule is CC(C)CC(NC(=O)C(C)OC(=O)C(O)CC(=O)OC1=CC[C@@]2(O)[C@H]3Cc4ccc(O)c5c4[C@@]2(CCN3C)[C@H]1O5)C(=O)O. The summed E-state index contributed by atoms with van der Waals surface area (Å²) in [7, 11) is 1.95. The van der Waals surface area contributed by atoms with E-state index in [4.69, 9.17) is 14.2 Å². The van der Waals surface area contributed by atoms with Gasteiger partial charge in [0.1, 0.15) is 11.8 Å². The van der Waals surface area contributed by atoms with Gasteiger partial charge in [-0.3, -0.25) is 9.59 Å². The zero-order valence-electron chi connectivity index (χ0n) is 24.5. The zero-order chi connectivity index (χ0) is 31.4. The number of esters is 2. The minimum atomic E-state index is -1.97. The van der Waals surface area contributed by atoms with Gasteiger partial charge in [-0.1, -0.05) is 19.9 Å². The lowest BCUT2D eigenvalue weighted by Gasteiger charge is -2.61. The molecule has 1 amide bonds. The Morgan fingerprint density at radius 3 is 2.60 bits per heavy atom. The van der Waals surface area contributed by atoms with Crippen LogP contribution in [-0.4, -0.2) is 98.7 Å². The molecule has 1 aromatic carbocycles. The number of carboxylic acid groups (broad SMARTS) is 1. The molecule has 13 heteroatoms. The van der Waals surface area contributed by atoms with Crippen molar-refractivity contribution in [3.8, 4) is 11.5 Å². The summed E-state index contributed by atoms with van der Waals surface area (Å²) in [4.78, 5) is 51.3. The maximum absolute atomic E-state index is 12.9. The van der Waals surface area contributed by atoms with Crippen molar-refractivity contribution in [2.24, 2.45) is 5.92 Å². The van der Waals surface area contributed by atoms with Crippen LogP contribution >= 0.6 is 0 Å². The maximum Gasteiger partial charge on any atom is 0.336 e. The van der Waals surface area contributed by atoms with Crippen LogP contribution in [0, 0.1) is 5.92 Å². The van der Waals surface area contributed by atoms with E-state index in [2.05, 4.69) is 10.2 Å². The number of aliphatic hydroxyl groups is 2. The molecule has 0 aromatic heterocycles. The molecule has 1 fully saturated rings. The second-order valence-corrected chi connectivity index (χ2v) is 12.4. The highest BCUT2D eigenvalue weighted by molar-refractivity contribution is 5.89. The Morgan fingerprint density at radius 1 is 1.21 bits per heavy atom. The number of carbonyl (C=O) groups is 4. The molecule has 43 heavy (non-hydrogen) atoms. The minimum Gasteiger partial charge on any atom is -0.504 e. The van der Waals surface area contributed by atoms with Gasteiger partial charge in [0, 0.05) is 18.0 Å². The van der Waals surface area contributed by atoms with E-state index in [-0.39, 0.29) is 42.1 Å². The number of ether oxygens (including phenoxy) is 3. The van der Waals surface area contributed by atoms with Crippen LogP contribution in [0.3, 0.4) is 0 Å². The van der Waals surface area contributed by atoms with E-state index in [0.29, 0.717) is 19.4 Å². The number of aliphatic hydroxyl groups excluding tert-OH is 1. The van der Waals surface area contributed by atoms with Crippen LogP contribution in [-0.2, 0) is 40.5 Å². The first-order valence-corrected chi connectivity index (χ1v) is 14.5. The molecule has 13 nitrogen and oxygen atoms in total. The number of hydrogen-bond acceptors (Lipinski definition) is 11. The predicted octanol–water partition coefficient (Wildman–Crippen LogP) is 0.511. The number of nitrogens with zero attached hydrogens (tertiary/aromatic N) is 1. The highest BCUT2D eigenvalue weighted by atomic mass is 16.6. The second kappa shape index (κ2) is 11.1. The number of piperidine rings is 1. The van der Waals surface area contributed by atoms with Gasteiger partial charge in [0.15, 0.2) is 29.8 Å². The first-order chi connectivity index (χ1) is 20.2. The maximum atomic E-state index is 12.9. The number of benzene rings is 1. The van der Waals surface area contributed by atoms with E-state index in [9.17, 15) is 39.6 Å². The molecule has 2 aliphatic heterocycles. The van der Waals surface area contributed by atoms with E-state index in [1.54, 1.807) is 26.0 Å². The lowest BCUT2D eigenvalue weighted by atomic mass is 9.50. The average molecular weight is 603 g/mol. The number of carboxylic acids is 1. The second-order valence-electron chi connectivity index (χ2n) is 12.4. The number of aliphatic carboxylic acids is 1. The summed E-state index contributed by atoms with van der Waals surface area (Å²) in [5.74, 6) is -4.06. The fourth-order valence-corrected chi connectivity index (χ4v) is 7.14. The molecule has 3 unspecified atom stereocenters. The molecule has 1 saturated heterocycles. The Kier molecular flexibility index (Phi) is 7.95. The Morgan fingerprint density at radius 2 is 1.93 bits per heavy atom. The number of nitrogens with one attached hydrogen (secondary N) is 1. The molecule has 2 heterocycles. The highest BCUT2D eigenvalue weighted by Crippen LogP contribution is 2.65. The van der Waals surface area contributed by atoms with Crippen molar-refractivity contribution in [1.29, 1.82) is 0 Å². The van der Waals surface area contributed by atoms with E-state index >= 15 is 0 Å². The van der Waals surface area contributed by atoms with Gasteiger partial charge in [0.05, 0.1) is 17.4 Å².